The van der Waals surface area contributed by atoms with Gasteiger partial charge >= 0.3 is 17.3 Å². The first kappa shape index (κ1) is 26.1. The smallest absolute Gasteiger partial charge is 0.354 e. The molecule has 192 valence electrons. The van der Waals surface area contributed by atoms with Crippen LogP contribution in [0.3, 0.4) is 0 Å². The Hall–Kier alpha value is -3.96. The molecule has 0 amide bonds. The molecule has 10 nitrogen and oxygen atoms in total. The van der Waals surface area contributed by atoms with E-state index in [-0.39, 0.29) is 19.0 Å². The summed E-state index contributed by atoms with van der Waals surface area (Å²) in [6.07, 6.45) is 1.72. The van der Waals surface area contributed by atoms with Crippen LogP contribution < -0.4 is 21.4 Å². The number of nitrogens with zero attached hydrogens (tertiary/aromatic N) is 4. The van der Waals surface area contributed by atoms with Crippen molar-refractivity contribution in [3.63, 3.8) is 0 Å². The fraction of sp³-hybridized carbons (Fsp3) is 0.240. The van der Waals surface area contributed by atoms with E-state index in [1.54, 1.807) is 54.7 Å². The Bertz CT molecular complexity index is 1540. The minimum atomic E-state index is -1.36. The van der Waals surface area contributed by atoms with Gasteiger partial charge in [-0.25, -0.2) is 19.1 Å². The molecule has 0 radical (unpaired) electrons. The van der Waals surface area contributed by atoms with Crippen LogP contribution in [0.2, 0.25) is 5.02 Å². The predicted octanol–water partition coefficient (Wildman–Crippen LogP) is 4.52. The highest BCUT2D eigenvalue weighted by atomic mass is 35.5. The van der Waals surface area contributed by atoms with Crippen molar-refractivity contribution in [2.45, 2.75) is 33.9 Å². The van der Waals surface area contributed by atoms with E-state index in [4.69, 9.17) is 16.3 Å². The molecule has 0 unspecified atom stereocenters. The van der Waals surface area contributed by atoms with Gasteiger partial charge in [0.05, 0.1) is 12.0 Å². The SMILES string of the molecule is Cc1cnc(Oc2ccc(Nc3nc(=O)n(CC(C)(C)C(=O)O)c(=O)n3Cc3ccc(Cl)cc3)cc2)s1. The zero-order valence-corrected chi connectivity index (χ0v) is 21.8. The summed E-state index contributed by atoms with van der Waals surface area (Å²) in [4.78, 5) is 47.2. The summed E-state index contributed by atoms with van der Waals surface area (Å²) in [5.41, 5.74) is -1.60. The summed E-state index contributed by atoms with van der Waals surface area (Å²) in [5, 5.41) is 13.6. The van der Waals surface area contributed by atoms with E-state index in [0.29, 0.717) is 21.7 Å². The second-order valence-corrected chi connectivity index (χ2v) is 10.6. The van der Waals surface area contributed by atoms with E-state index < -0.39 is 22.8 Å². The van der Waals surface area contributed by atoms with Crippen molar-refractivity contribution in [1.82, 2.24) is 19.1 Å². The monoisotopic (exact) mass is 541 g/mol. The molecule has 2 aromatic heterocycles. The lowest BCUT2D eigenvalue weighted by Crippen LogP contribution is -2.46. The first-order valence-electron chi connectivity index (χ1n) is 11.2. The van der Waals surface area contributed by atoms with Gasteiger partial charge in [-0.3, -0.25) is 9.36 Å². The number of benzene rings is 2. The molecule has 0 saturated heterocycles. The molecule has 0 saturated carbocycles. The maximum absolute atomic E-state index is 13.4. The van der Waals surface area contributed by atoms with Gasteiger partial charge in [-0.1, -0.05) is 35.1 Å². The van der Waals surface area contributed by atoms with Gasteiger partial charge in [0.2, 0.25) is 5.95 Å². The number of hydrogen-bond donors (Lipinski definition) is 2. The summed E-state index contributed by atoms with van der Waals surface area (Å²) in [6, 6.07) is 13.8. The van der Waals surface area contributed by atoms with Crippen LogP contribution >= 0.6 is 22.9 Å². The van der Waals surface area contributed by atoms with Crippen molar-refractivity contribution in [2.75, 3.05) is 5.32 Å². The number of carbonyl (C=O) groups is 1. The number of anilines is 2. The first-order valence-corrected chi connectivity index (χ1v) is 12.4. The minimum absolute atomic E-state index is 0.0125. The average molecular weight is 542 g/mol. The molecule has 0 aliphatic heterocycles. The number of hydrogen-bond acceptors (Lipinski definition) is 8. The van der Waals surface area contributed by atoms with Gasteiger partial charge in [0.25, 0.3) is 5.19 Å². The Morgan fingerprint density at radius 2 is 1.78 bits per heavy atom. The number of thiazole rings is 1. The Morgan fingerprint density at radius 3 is 2.38 bits per heavy atom. The predicted molar refractivity (Wildman–Crippen MR) is 141 cm³/mol. The summed E-state index contributed by atoms with van der Waals surface area (Å²) < 4.78 is 7.85. The van der Waals surface area contributed by atoms with E-state index in [1.807, 2.05) is 6.92 Å². The van der Waals surface area contributed by atoms with Crippen LogP contribution in [0.15, 0.2) is 64.3 Å². The quantitative estimate of drug-likeness (QED) is 0.316. The number of rotatable bonds is 9. The van der Waals surface area contributed by atoms with Crippen molar-refractivity contribution in [2.24, 2.45) is 5.41 Å². The van der Waals surface area contributed by atoms with Gasteiger partial charge < -0.3 is 15.2 Å². The van der Waals surface area contributed by atoms with E-state index >= 15 is 0 Å². The Balaban J connectivity index is 1.68. The van der Waals surface area contributed by atoms with Crippen molar-refractivity contribution < 1.29 is 14.6 Å². The van der Waals surface area contributed by atoms with Crippen LogP contribution in [0.25, 0.3) is 0 Å². The zero-order chi connectivity index (χ0) is 26.7. The van der Waals surface area contributed by atoms with Crippen molar-refractivity contribution in [1.29, 1.82) is 0 Å². The highest BCUT2D eigenvalue weighted by Gasteiger charge is 2.30. The van der Waals surface area contributed by atoms with E-state index in [2.05, 4.69) is 15.3 Å². The zero-order valence-electron chi connectivity index (χ0n) is 20.3. The fourth-order valence-corrected chi connectivity index (χ4v) is 4.11. The molecule has 0 fully saturated rings. The molecule has 4 aromatic rings. The topological polar surface area (TPSA) is 128 Å². The van der Waals surface area contributed by atoms with Gasteiger partial charge in [-0.05, 0) is 62.7 Å². The van der Waals surface area contributed by atoms with Crippen LogP contribution in [-0.2, 0) is 17.9 Å². The van der Waals surface area contributed by atoms with Crippen LogP contribution in [0.4, 0.5) is 11.6 Å². The van der Waals surface area contributed by atoms with Crippen molar-refractivity contribution >= 4 is 40.5 Å². The number of aliphatic carboxylic acids is 1. The Morgan fingerprint density at radius 1 is 1.11 bits per heavy atom. The molecule has 2 aromatic carbocycles. The van der Waals surface area contributed by atoms with Gasteiger partial charge in [0.1, 0.15) is 5.75 Å². The van der Waals surface area contributed by atoms with Gasteiger partial charge in [-0.2, -0.15) is 4.98 Å². The number of ether oxygens (including phenoxy) is 1. The molecule has 0 atom stereocenters. The third-order valence-electron chi connectivity index (χ3n) is 5.45. The summed E-state index contributed by atoms with van der Waals surface area (Å²) in [7, 11) is 0. The number of nitrogens with one attached hydrogen (secondary N) is 1. The molecule has 0 aliphatic rings. The number of halogens is 1. The largest absolute Gasteiger partial charge is 0.481 e. The van der Waals surface area contributed by atoms with E-state index in [9.17, 15) is 19.5 Å². The molecule has 37 heavy (non-hydrogen) atoms. The molecule has 4 rings (SSSR count). The first-order chi connectivity index (χ1) is 17.5. The van der Waals surface area contributed by atoms with Gasteiger partial charge in [0.15, 0.2) is 0 Å². The minimum Gasteiger partial charge on any atom is -0.481 e. The summed E-state index contributed by atoms with van der Waals surface area (Å²) in [6.45, 7) is 4.55. The molecule has 12 heteroatoms. The molecule has 2 heterocycles. The second kappa shape index (κ2) is 10.6. The van der Waals surface area contributed by atoms with Crippen molar-refractivity contribution in [3.05, 3.63) is 91.2 Å². The molecule has 2 N–H and O–H groups in total. The molecule has 0 spiro atoms. The molecular weight excluding hydrogens is 518 g/mol. The van der Waals surface area contributed by atoms with Crippen LogP contribution in [0.5, 0.6) is 10.9 Å². The standard InChI is InChI=1S/C25H24ClN5O5S/c1-15-12-27-23(37-15)36-19-10-8-18(9-11-19)28-21-29-22(34)31(14-25(2,3)20(32)33)24(35)30(21)13-16-4-6-17(26)7-5-16/h4-12H,13-14H2,1-3H3,(H,32,33)(H,28,29,34). The second-order valence-electron chi connectivity index (χ2n) is 8.98. The number of carboxylic acids is 1. The fourth-order valence-electron chi connectivity index (χ4n) is 3.36. The van der Waals surface area contributed by atoms with E-state index in [1.165, 1.54) is 29.8 Å². The van der Waals surface area contributed by atoms with Crippen LogP contribution in [0.1, 0.15) is 24.3 Å². The van der Waals surface area contributed by atoms with Gasteiger partial charge in [0, 0.05) is 28.3 Å². The molecule has 0 aliphatic carbocycles. The number of aryl methyl sites for hydroxylation is 1. The third kappa shape index (κ3) is 6.25. The lowest BCUT2D eigenvalue weighted by molar-refractivity contribution is -0.147. The lowest BCUT2D eigenvalue weighted by Gasteiger charge is -2.21. The maximum atomic E-state index is 13.4. The van der Waals surface area contributed by atoms with E-state index in [0.717, 1.165) is 15.0 Å². The van der Waals surface area contributed by atoms with Crippen molar-refractivity contribution in [3.8, 4) is 10.9 Å². The van der Waals surface area contributed by atoms with Crippen LogP contribution in [0, 0.1) is 12.3 Å². The Labute approximate surface area is 220 Å². The third-order valence-corrected chi connectivity index (χ3v) is 6.49. The highest BCUT2D eigenvalue weighted by molar-refractivity contribution is 7.13. The number of aromatic nitrogens is 4. The Kier molecular flexibility index (Phi) is 7.46. The summed E-state index contributed by atoms with van der Waals surface area (Å²) in [5.74, 6) is -0.559. The number of carboxylic acid groups (broad SMARTS) is 1. The molecular formula is C25H24ClN5O5S. The summed E-state index contributed by atoms with van der Waals surface area (Å²) >= 11 is 7.41. The average Bonchev–Trinajstić information content (AvgIpc) is 3.26. The normalized spacial score (nSPS) is 11.4. The van der Waals surface area contributed by atoms with Crippen LogP contribution in [-0.4, -0.2) is 30.2 Å². The highest BCUT2D eigenvalue weighted by Crippen LogP contribution is 2.27. The lowest BCUT2D eigenvalue weighted by atomic mass is 9.94. The van der Waals surface area contributed by atoms with Gasteiger partial charge in [-0.15, -0.1) is 0 Å². The maximum Gasteiger partial charge on any atom is 0.354 e. The molecule has 0 bridgehead atoms.